The fourth-order valence-corrected chi connectivity index (χ4v) is 1.33. The first kappa shape index (κ1) is 18.7. The lowest BCUT2D eigenvalue weighted by atomic mass is 9.97. The Kier molecular flexibility index (Phi) is 5.20. The van der Waals surface area contributed by atoms with E-state index in [9.17, 15) is 14.4 Å². The lowest BCUT2D eigenvalue weighted by molar-refractivity contribution is -0.143. The molecular formula is C17H22O6. The lowest BCUT2D eigenvalue weighted by Crippen LogP contribution is -2.26. The van der Waals surface area contributed by atoms with E-state index >= 15 is 0 Å². The van der Waals surface area contributed by atoms with E-state index in [-0.39, 0.29) is 17.1 Å². The lowest BCUT2D eigenvalue weighted by Gasteiger charge is -2.18. The monoisotopic (exact) mass is 322 g/mol. The molecule has 126 valence electrons. The van der Waals surface area contributed by atoms with Gasteiger partial charge in [0.15, 0.2) is 0 Å². The fraction of sp³-hybridized carbons (Fsp3) is 0.471. The summed E-state index contributed by atoms with van der Waals surface area (Å²) < 4.78 is 10.4. The SMILES string of the molecule is CC(C)(C)C(=O)Oc1cc(OC(=O)C(C)(C)C)cc(C(=O)O)c1. The van der Waals surface area contributed by atoms with E-state index in [1.54, 1.807) is 41.5 Å². The molecule has 6 heteroatoms. The van der Waals surface area contributed by atoms with Gasteiger partial charge in [-0.15, -0.1) is 0 Å². The van der Waals surface area contributed by atoms with E-state index in [2.05, 4.69) is 0 Å². The Labute approximate surface area is 135 Å². The summed E-state index contributed by atoms with van der Waals surface area (Å²) in [6, 6.07) is 3.74. The van der Waals surface area contributed by atoms with Gasteiger partial charge in [-0.05, 0) is 53.7 Å². The normalized spacial score (nSPS) is 11.7. The molecule has 1 rings (SSSR count). The zero-order valence-electron chi connectivity index (χ0n) is 14.2. The highest BCUT2D eigenvalue weighted by atomic mass is 16.5. The predicted octanol–water partition coefficient (Wildman–Crippen LogP) is 3.29. The van der Waals surface area contributed by atoms with Gasteiger partial charge in [0.1, 0.15) is 11.5 Å². The topological polar surface area (TPSA) is 89.9 Å². The van der Waals surface area contributed by atoms with Crippen LogP contribution in [0.2, 0.25) is 0 Å². The van der Waals surface area contributed by atoms with Gasteiger partial charge < -0.3 is 14.6 Å². The summed E-state index contributed by atoms with van der Waals surface area (Å²) in [4.78, 5) is 35.1. The molecule has 0 bridgehead atoms. The van der Waals surface area contributed by atoms with Crippen molar-refractivity contribution in [2.24, 2.45) is 10.8 Å². The first-order valence-electron chi connectivity index (χ1n) is 7.13. The Morgan fingerprint density at radius 2 is 1.13 bits per heavy atom. The molecule has 0 fully saturated rings. The van der Waals surface area contributed by atoms with E-state index in [0.29, 0.717) is 0 Å². The van der Waals surface area contributed by atoms with Crippen LogP contribution in [0.1, 0.15) is 51.9 Å². The average Bonchev–Trinajstić information content (AvgIpc) is 2.35. The van der Waals surface area contributed by atoms with E-state index in [1.807, 2.05) is 0 Å². The number of carboxylic acid groups (broad SMARTS) is 1. The second kappa shape index (κ2) is 6.40. The highest BCUT2D eigenvalue weighted by Gasteiger charge is 2.26. The van der Waals surface area contributed by atoms with Gasteiger partial charge in [-0.1, -0.05) is 0 Å². The summed E-state index contributed by atoms with van der Waals surface area (Å²) >= 11 is 0. The van der Waals surface area contributed by atoms with Crippen molar-refractivity contribution in [3.8, 4) is 11.5 Å². The van der Waals surface area contributed by atoms with E-state index in [0.717, 1.165) is 0 Å². The van der Waals surface area contributed by atoms with Gasteiger partial charge in [-0.25, -0.2) is 4.79 Å². The van der Waals surface area contributed by atoms with Gasteiger partial charge in [-0.3, -0.25) is 9.59 Å². The first-order chi connectivity index (χ1) is 10.3. The molecular weight excluding hydrogens is 300 g/mol. The predicted molar refractivity (Wildman–Crippen MR) is 83.6 cm³/mol. The van der Waals surface area contributed by atoms with Crippen LogP contribution in [-0.2, 0) is 9.59 Å². The van der Waals surface area contributed by atoms with Gasteiger partial charge in [0.05, 0.1) is 16.4 Å². The van der Waals surface area contributed by atoms with Crippen LogP contribution in [0.25, 0.3) is 0 Å². The minimum atomic E-state index is -1.22. The molecule has 0 saturated heterocycles. The summed E-state index contributed by atoms with van der Waals surface area (Å²) in [5, 5.41) is 9.14. The van der Waals surface area contributed by atoms with Crippen LogP contribution >= 0.6 is 0 Å². The van der Waals surface area contributed by atoms with Gasteiger partial charge >= 0.3 is 17.9 Å². The Morgan fingerprint density at radius 1 is 0.783 bits per heavy atom. The van der Waals surface area contributed by atoms with Crippen molar-refractivity contribution in [1.82, 2.24) is 0 Å². The molecule has 0 aromatic heterocycles. The molecule has 0 amide bonds. The summed E-state index contributed by atoms with van der Waals surface area (Å²) in [7, 11) is 0. The maximum absolute atomic E-state index is 11.9. The van der Waals surface area contributed by atoms with Crippen molar-refractivity contribution < 1.29 is 29.0 Å². The van der Waals surface area contributed by atoms with E-state index < -0.39 is 28.7 Å². The van der Waals surface area contributed by atoms with Gasteiger partial charge in [0, 0.05) is 6.07 Å². The molecule has 6 nitrogen and oxygen atoms in total. The smallest absolute Gasteiger partial charge is 0.335 e. The zero-order chi connectivity index (χ0) is 18.0. The molecule has 1 N–H and O–H groups in total. The van der Waals surface area contributed by atoms with Crippen molar-refractivity contribution >= 4 is 17.9 Å². The minimum Gasteiger partial charge on any atom is -0.478 e. The van der Waals surface area contributed by atoms with Crippen LogP contribution in [-0.4, -0.2) is 23.0 Å². The van der Waals surface area contributed by atoms with Gasteiger partial charge in [-0.2, -0.15) is 0 Å². The van der Waals surface area contributed by atoms with Crippen molar-refractivity contribution in [1.29, 1.82) is 0 Å². The minimum absolute atomic E-state index is 0.0153. The number of carboxylic acids is 1. The number of ether oxygens (including phenoxy) is 2. The Morgan fingerprint density at radius 3 is 1.39 bits per heavy atom. The van der Waals surface area contributed by atoms with Crippen molar-refractivity contribution in [3.05, 3.63) is 23.8 Å². The average molecular weight is 322 g/mol. The molecule has 0 aliphatic rings. The molecule has 0 unspecified atom stereocenters. The van der Waals surface area contributed by atoms with Crippen LogP contribution in [0.15, 0.2) is 18.2 Å². The van der Waals surface area contributed by atoms with Crippen LogP contribution < -0.4 is 9.47 Å². The number of carbonyl (C=O) groups is 3. The van der Waals surface area contributed by atoms with Gasteiger partial charge in [0.25, 0.3) is 0 Å². The molecule has 0 aliphatic carbocycles. The third kappa shape index (κ3) is 5.39. The summed E-state index contributed by atoms with van der Waals surface area (Å²) in [6.07, 6.45) is 0. The third-order valence-corrected chi connectivity index (χ3v) is 2.77. The number of aromatic carboxylic acids is 1. The summed E-state index contributed by atoms with van der Waals surface area (Å²) in [6.45, 7) is 10.1. The maximum Gasteiger partial charge on any atom is 0.335 e. The zero-order valence-corrected chi connectivity index (χ0v) is 14.2. The van der Waals surface area contributed by atoms with E-state index in [1.165, 1.54) is 18.2 Å². The molecule has 1 aromatic carbocycles. The maximum atomic E-state index is 11.9. The summed E-state index contributed by atoms with van der Waals surface area (Å²) in [5.74, 6) is -2.23. The molecule has 1 aromatic rings. The number of carbonyl (C=O) groups excluding carboxylic acids is 2. The Balaban J connectivity index is 3.16. The number of hydrogen-bond acceptors (Lipinski definition) is 5. The Bertz CT molecular complexity index is 585. The van der Waals surface area contributed by atoms with Gasteiger partial charge in [0.2, 0.25) is 0 Å². The number of esters is 2. The first-order valence-corrected chi connectivity index (χ1v) is 7.13. The molecule has 23 heavy (non-hydrogen) atoms. The van der Waals surface area contributed by atoms with Crippen molar-refractivity contribution in [2.45, 2.75) is 41.5 Å². The fourth-order valence-electron chi connectivity index (χ4n) is 1.33. The van der Waals surface area contributed by atoms with Crippen LogP contribution in [0.5, 0.6) is 11.5 Å². The Hall–Kier alpha value is -2.37. The standard InChI is InChI=1S/C17H22O6/c1-16(2,3)14(20)22-11-7-10(13(18)19)8-12(9-11)23-15(21)17(4,5)6/h7-9H,1-6H3,(H,18,19). The molecule has 0 saturated carbocycles. The molecule has 0 heterocycles. The molecule has 0 radical (unpaired) electrons. The second-order valence-corrected chi connectivity index (χ2v) is 7.28. The van der Waals surface area contributed by atoms with E-state index in [4.69, 9.17) is 14.6 Å². The number of benzene rings is 1. The quantitative estimate of drug-likeness (QED) is 0.678. The molecule has 0 atom stereocenters. The molecule has 0 aliphatic heterocycles. The third-order valence-electron chi connectivity index (χ3n) is 2.77. The summed E-state index contributed by atoms with van der Waals surface area (Å²) in [5.41, 5.74) is -1.64. The number of hydrogen-bond donors (Lipinski definition) is 1. The highest BCUT2D eigenvalue weighted by molar-refractivity contribution is 5.89. The van der Waals surface area contributed by atoms with Crippen LogP contribution in [0.4, 0.5) is 0 Å². The van der Waals surface area contributed by atoms with Crippen LogP contribution in [0, 0.1) is 10.8 Å². The highest BCUT2D eigenvalue weighted by Crippen LogP contribution is 2.27. The van der Waals surface area contributed by atoms with Crippen LogP contribution in [0.3, 0.4) is 0 Å². The molecule has 0 spiro atoms. The van der Waals surface area contributed by atoms with Crippen molar-refractivity contribution in [2.75, 3.05) is 0 Å². The number of rotatable bonds is 3. The van der Waals surface area contributed by atoms with Crippen molar-refractivity contribution in [3.63, 3.8) is 0 Å². The largest absolute Gasteiger partial charge is 0.478 e. The second-order valence-electron chi connectivity index (χ2n) is 7.28.